The van der Waals surface area contributed by atoms with Crippen molar-refractivity contribution < 1.29 is 14.0 Å². The van der Waals surface area contributed by atoms with E-state index in [-0.39, 0.29) is 0 Å². The van der Waals surface area contributed by atoms with Crippen LogP contribution in [-0.2, 0) is 29.1 Å². The fraction of sp³-hybridized carbons (Fsp3) is 0.350. The maximum absolute atomic E-state index is 5.68. The van der Waals surface area contributed by atoms with Gasteiger partial charge in [-0.05, 0) is 18.6 Å². The van der Waals surface area contributed by atoms with Crippen molar-refractivity contribution in [2.75, 3.05) is 13.7 Å². The molecule has 3 aromatic heterocycles. The molecule has 3 heterocycles. The van der Waals surface area contributed by atoms with Crippen LogP contribution in [0.4, 0.5) is 0 Å². The summed E-state index contributed by atoms with van der Waals surface area (Å²) in [6.45, 7) is 5.58. The molecule has 4 aromatic rings. The van der Waals surface area contributed by atoms with Crippen molar-refractivity contribution in [2.24, 2.45) is 0 Å². The first-order valence-corrected chi connectivity index (χ1v) is 9.07. The third-order valence-corrected chi connectivity index (χ3v) is 4.59. The summed E-state index contributed by atoms with van der Waals surface area (Å²) >= 11 is 0. The van der Waals surface area contributed by atoms with Gasteiger partial charge in [-0.15, -0.1) is 0 Å². The standard InChI is InChI=1S/C20H22N4O3/c1-4-16-23-20(27-24-16)19-13(11-25-3)18-15(9-21-19)22-14-8-6-7-12(17(14)18)10-26-5-2/h6-9,22H,4-5,10-11H2,1-3H3. The average molecular weight is 366 g/mol. The molecule has 7 nitrogen and oxygen atoms in total. The van der Waals surface area contributed by atoms with Gasteiger partial charge in [-0.2, -0.15) is 4.98 Å². The minimum absolute atomic E-state index is 0.388. The molecule has 0 saturated heterocycles. The number of pyridine rings is 1. The fourth-order valence-corrected chi connectivity index (χ4v) is 3.37. The number of rotatable bonds is 7. The lowest BCUT2D eigenvalue weighted by Crippen LogP contribution is -1.98. The van der Waals surface area contributed by atoms with Crippen molar-refractivity contribution in [1.82, 2.24) is 20.1 Å². The molecule has 0 radical (unpaired) electrons. The quantitative estimate of drug-likeness (QED) is 0.532. The Hall–Kier alpha value is -2.77. The molecule has 0 unspecified atom stereocenters. The van der Waals surface area contributed by atoms with Crippen LogP contribution < -0.4 is 0 Å². The van der Waals surface area contributed by atoms with E-state index < -0.39 is 0 Å². The van der Waals surface area contributed by atoms with Crippen LogP contribution in [0.1, 0.15) is 30.8 Å². The highest BCUT2D eigenvalue weighted by molar-refractivity contribution is 6.11. The molecule has 0 aliphatic rings. The monoisotopic (exact) mass is 366 g/mol. The van der Waals surface area contributed by atoms with E-state index in [1.807, 2.05) is 26.1 Å². The number of nitrogens with zero attached hydrogens (tertiary/aromatic N) is 3. The van der Waals surface area contributed by atoms with Gasteiger partial charge >= 0.3 is 0 Å². The summed E-state index contributed by atoms with van der Waals surface area (Å²) in [7, 11) is 1.67. The largest absolute Gasteiger partial charge is 0.380 e. The van der Waals surface area contributed by atoms with Gasteiger partial charge in [0, 0.05) is 42.0 Å². The first-order valence-electron chi connectivity index (χ1n) is 9.07. The highest BCUT2D eigenvalue weighted by atomic mass is 16.5. The van der Waals surface area contributed by atoms with E-state index >= 15 is 0 Å². The molecule has 4 rings (SSSR count). The number of benzene rings is 1. The molecule has 0 amide bonds. The van der Waals surface area contributed by atoms with E-state index in [1.165, 1.54) is 0 Å². The normalized spacial score (nSPS) is 11.7. The van der Waals surface area contributed by atoms with Crippen LogP contribution in [0.25, 0.3) is 33.4 Å². The van der Waals surface area contributed by atoms with E-state index in [0.29, 0.717) is 43.7 Å². The second-order valence-corrected chi connectivity index (χ2v) is 6.28. The van der Waals surface area contributed by atoms with E-state index in [9.17, 15) is 0 Å². The highest BCUT2D eigenvalue weighted by Gasteiger charge is 2.21. The van der Waals surface area contributed by atoms with Gasteiger partial charge in [0.15, 0.2) is 5.82 Å². The number of hydrogen-bond acceptors (Lipinski definition) is 6. The molecule has 1 aromatic carbocycles. The lowest BCUT2D eigenvalue weighted by atomic mass is 10.0. The van der Waals surface area contributed by atoms with Crippen molar-refractivity contribution >= 4 is 21.8 Å². The van der Waals surface area contributed by atoms with Gasteiger partial charge in [0.25, 0.3) is 5.89 Å². The summed E-state index contributed by atoms with van der Waals surface area (Å²) in [5.74, 6) is 1.07. The Morgan fingerprint density at radius 1 is 1.11 bits per heavy atom. The van der Waals surface area contributed by atoms with Gasteiger partial charge in [0.2, 0.25) is 0 Å². The van der Waals surface area contributed by atoms with Crippen LogP contribution in [0.3, 0.4) is 0 Å². The fourth-order valence-electron chi connectivity index (χ4n) is 3.37. The minimum atomic E-state index is 0.388. The predicted octanol–water partition coefficient (Wildman–Crippen LogP) is 4.01. The summed E-state index contributed by atoms with van der Waals surface area (Å²) < 4.78 is 16.6. The number of H-pyrrole nitrogens is 1. The lowest BCUT2D eigenvalue weighted by Gasteiger charge is -2.09. The van der Waals surface area contributed by atoms with E-state index in [1.54, 1.807) is 7.11 Å². The second kappa shape index (κ2) is 7.46. The predicted molar refractivity (Wildman–Crippen MR) is 102 cm³/mol. The van der Waals surface area contributed by atoms with Gasteiger partial charge in [0.1, 0.15) is 5.69 Å². The highest BCUT2D eigenvalue weighted by Crippen LogP contribution is 2.35. The zero-order chi connectivity index (χ0) is 18.8. The molecule has 0 atom stereocenters. The number of ether oxygens (including phenoxy) is 2. The maximum atomic E-state index is 5.68. The SMILES string of the molecule is CCOCc1cccc2[nH]c3cnc(-c4nc(CC)no4)c(COC)c3c12. The number of aromatic amines is 1. The van der Waals surface area contributed by atoms with Crippen LogP contribution in [0.2, 0.25) is 0 Å². The molecule has 0 spiro atoms. The minimum Gasteiger partial charge on any atom is -0.380 e. The Labute approximate surface area is 156 Å². The van der Waals surface area contributed by atoms with Crippen LogP contribution >= 0.6 is 0 Å². The van der Waals surface area contributed by atoms with Crippen LogP contribution in [0, 0.1) is 0 Å². The van der Waals surface area contributed by atoms with Gasteiger partial charge in [-0.1, -0.05) is 24.2 Å². The topological polar surface area (TPSA) is 86.1 Å². The number of methoxy groups -OCH3 is 1. The van der Waals surface area contributed by atoms with Crippen LogP contribution in [0.5, 0.6) is 0 Å². The zero-order valence-electron chi connectivity index (χ0n) is 15.7. The van der Waals surface area contributed by atoms with Crippen LogP contribution in [0.15, 0.2) is 28.9 Å². The summed E-state index contributed by atoms with van der Waals surface area (Å²) in [5.41, 5.74) is 4.69. The Morgan fingerprint density at radius 2 is 2.00 bits per heavy atom. The first-order chi connectivity index (χ1) is 13.3. The number of aromatic nitrogens is 4. The Balaban J connectivity index is 2.00. The molecule has 7 heteroatoms. The average Bonchev–Trinajstić information content (AvgIpc) is 3.31. The number of fused-ring (bicyclic) bond motifs is 3. The lowest BCUT2D eigenvalue weighted by molar-refractivity contribution is 0.135. The smallest absolute Gasteiger partial charge is 0.276 e. The van der Waals surface area contributed by atoms with Crippen molar-refractivity contribution in [3.8, 4) is 11.6 Å². The molecule has 140 valence electrons. The molecule has 27 heavy (non-hydrogen) atoms. The van der Waals surface area contributed by atoms with Crippen molar-refractivity contribution in [3.63, 3.8) is 0 Å². The number of hydrogen-bond donors (Lipinski definition) is 1. The molecule has 0 saturated carbocycles. The summed E-state index contributed by atoms with van der Waals surface area (Å²) in [4.78, 5) is 12.5. The van der Waals surface area contributed by atoms with Gasteiger partial charge in [-0.3, -0.25) is 0 Å². The van der Waals surface area contributed by atoms with Crippen molar-refractivity contribution in [3.05, 3.63) is 41.3 Å². The molecular formula is C20H22N4O3. The number of aryl methyl sites for hydroxylation is 1. The molecule has 0 bridgehead atoms. The Morgan fingerprint density at radius 3 is 2.74 bits per heavy atom. The summed E-state index contributed by atoms with van der Waals surface area (Å²) in [6, 6.07) is 6.18. The molecular weight excluding hydrogens is 344 g/mol. The van der Waals surface area contributed by atoms with E-state index in [4.69, 9.17) is 14.0 Å². The number of nitrogens with one attached hydrogen (secondary N) is 1. The van der Waals surface area contributed by atoms with E-state index in [0.717, 1.165) is 32.9 Å². The zero-order valence-corrected chi connectivity index (χ0v) is 15.7. The Bertz CT molecular complexity index is 1080. The molecule has 0 aliphatic carbocycles. The Kier molecular flexibility index (Phi) is 4.87. The molecule has 1 N–H and O–H groups in total. The molecule has 0 fully saturated rings. The van der Waals surface area contributed by atoms with Gasteiger partial charge in [-0.25, -0.2) is 4.98 Å². The summed E-state index contributed by atoms with van der Waals surface area (Å²) in [5, 5.41) is 6.18. The van der Waals surface area contributed by atoms with Crippen LogP contribution in [-0.4, -0.2) is 33.8 Å². The molecule has 0 aliphatic heterocycles. The van der Waals surface area contributed by atoms with Crippen molar-refractivity contribution in [1.29, 1.82) is 0 Å². The second-order valence-electron chi connectivity index (χ2n) is 6.28. The first kappa shape index (κ1) is 17.6. The maximum Gasteiger partial charge on any atom is 0.276 e. The van der Waals surface area contributed by atoms with Crippen molar-refractivity contribution in [2.45, 2.75) is 33.5 Å². The third-order valence-electron chi connectivity index (χ3n) is 4.59. The van der Waals surface area contributed by atoms with Gasteiger partial charge < -0.3 is 19.0 Å². The van der Waals surface area contributed by atoms with Gasteiger partial charge in [0.05, 0.1) is 24.9 Å². The van der Waals surface area contributed by atoms with E-state index in [2.05, 4.69) is 32.2 Å². The summed E-state index contributed by atoms with van der Waals surface area (Å²) in [6.07, 6.45) is 2.51. The third kappa shape index (κ3) is 3.09.